The molecule has 6 heteroatoms. The largest absolute Gasteiger partial charge is 0.413 e. The van der Waals surface area contributed by atoms with Crippen LogP contribution >= 0.6 is 0 Å². The molecule has 2 aromatic heterocycles. The Labute approximate surface area is 169 Å². The molecule has 0 saturated carbocycles. The number of hydrogen-bond acceptors (Lipinski definition) is 6. The molecule has 0 aliphatic carbocycles. The molecule has 0 radical (unpaired) electrons. The lowest BCUT2D eigenvalue weighted by atomic mass is 10.0. The maximum atomic E-state index is 5.96. The molecule has 0 spiro atoms. The lowest BCUT2D eigenvalue weighted by molar-refractivity contribution is 0.482. The molecule has 4 aromatic rings. The van der Waals surface area contributed by atoms with Gasteiger partial charge in [-0.3, -0.25) is 0 Å². The zero-order chi connectivity index (χ0) is 19.8. The lowest BCUT2D eigenvalue weighted by Crippen LogP contribution is -2.38. The van der Waals surface area contributed by atoms with Gasteiger partial charge in [0.2, 0.25) is 11.7 Å². The third kappa shape index (κ3) is 3.35. The van der Waals surface area contributed by atoms with Gasteiger partial charge in [0.15, 0.2) is 0 Å². The van der Waals surface area contributed by atoms with Gasteiger partial charge in [-0.1, -0.05) is 29.8 Å². The molecule has 0 unspecified atom stereocenters. The van der Waals surface area contributed by atoms with Crippen LogP contribution in [0.2, 0.25) is 0 Å². The average Bonchev–Trinajstić information content (AvgIpc) is 3.24. The maximum Gasteiger partial charge on any atom is 0.286 e. The van der Waals surface area contributed by atoms with E-state index >= 15 is 0 Å². The Morgan fingerprint density at radius 3 is 2.69 bits per heavy atom. The Hall–Kier alpha value is -3.28. The molecule has 6 nitrogen and oxygen atoms in total. The lowest BCUT2D eigenvalue weighted by Gasteiger charge is -2.35. The van der Waals surface area contributed by atoms with Crippen molar-refractivity contribution in [1.29, 1.82) is 0 Å². The molecule has 1 aliphatic rings. The summed E-state index contributed by atoms with van der Waals surface area (Å²) in [5.74, 6) is 2.25. The topological polar surface area (TPSA) is 67.9 Å². The van der Waals surface area contributed by atoms with Crippen molar-refractivity contribution in [2.24, 2.45) is 0 Å². The quantitative estimate of drug-likeness (QED) is 0.492. The fraction of sp³-hybridized carbons (Fsp3) is 0.304. The molecule has 29 heavy (non-hydrogen) atoms. The Kier molecular flexibility index (Phi) is 4.46. The highest BCUT2D eigenvalue weighted by Gasteiger charge is 2.24. The number of benzene rings is 2. The van der Waals surface area contributed by atoms with Crippen molar-refractivity contribution in [3.63, 3.8) is 0 Å². The first-order valence-electron chi connectivity index (χ1n) is 10.1. The van der Waals surface area contributed by atoms with Crippen LogP contribution in [0, 0.1) is 6.92 Å². The Morgan fingerprint density at radius 1 is 0.966 bits per heavy atom. The van der Waals surface area contributed by atoms with E-state index in [-0.39, 0.29) is 0 Å². The number of piperidine rings is 1. The number of fused-ring (bicyclic) bond motifs is 1. The maximum absolute atomic E-state index is 5.96. The first-order valence-corrected chi connectivity index (χ1v) is 10.1. The zero-order valence-corrected chi connectivity index (χ0v) is 16.7. The molecule has 0 N–H and O–H groups in total. The summed E-state index contributed by atoms with van der Waals surface area (Å²) in [7, 11) is 0. The molecule has 1 fully saturated rings. The number of hydrogen-bond donors (Lipinski definition) is 0. The van der Waals surface area contributed by atoms with Crippen LogP contribution in [0.15, 0.2) is 52.9 Å². The monoisotopic (exact) mass is 385 g/mol. The fourth-order valence-corrected chi connectivity index (χ4v) is 4.00. The van der Waals surface area contributed by atoms with Gasteiger partial charge in [-0.2, -0.15) is 0 Å². The van der Waals surface area contributed by atoms with Crippen LogP contribution in [0.5, 0.6) is 0 Å². The van der Waals surface area contributed by atoms with Crippen molar-refractivity contribution in [3.05, 3.63) is 54.1 Å². The van der Waals surface area contributed by atoms with E-state index in [0.717, 1.165) is 34.4 Å². The van der Waals surface area contributed by atoms with Crippen LogP contribution in [0.3, 0.4) is 0 Å². The predicted molar refractivity (Wildman–Crippen MR) is 114 cm³/mol. The molecule has 0 bridgehead atoms. The molecular formula is C23H23N5O. The van der Waals surface area contributed by atoms with Crippen LogP contribution in [0.4, 0.5) is 5.82 Å². The van der Waals surface area contributed by atoms with Gasteiger partial charge in [0.05, 0.1) is 5.52 Å². The highest BCUT2D eigenvalue weighted by molar-refractivity contribution is 5.90. The van der Waals surface area contributed by atoms with Crippen LogP contribution in [0.25, 0.3) is 34.1 Å². The van der Waals surface area contributed by atoms with Gasteiger partial charge >= 0.3 is 0 Å². The summed E-state index contributed by atoms with van der Waals surface area (Å²) < 4.78 is 5.96. The van der Waals surface area contributed by atoms with E-state index in [9.17, 15) is 0 Å². The minimum atomic E-state index is 0.346. The molecule has 146 valence electrons. The van der Waals surface area contributed by atoms with E-state index in [1.165, 1.54) is 19.3 Å². The molecular weight excluding hydrogens is 362 g/mol. The standard InChI is InChI=1S/C23H23N5O/c1-15-8-7-10-17(14-15)22-26-27-23(29-22)20-24-19-12-4-3-11-18(19)21(25-20)28-13-6-5-9-16(28)2/h3-4,7-8,10-12,14,16H,5-6,9,13H2,1-2H3/t16-/m1/s1. The smallest absolute Gasteiger partial charge is 0.286 e. The highest BCUT2D eigenvalue weighted by Crippen LogP contribution is 2.32. The first kappa shape index (κ1) is 17.8. The number of rotatable bonds is 3. The van der Waals surface area contributed by atoms with E-state index in [1.54, 1.807) is 0 Å². The van der Waals surface area contributed by atoms with Gasteiger partial charge in [-0.15, -0.1) is 10.2 Å². The van der Waals surface area contributed by atoms with Gasteiger partial charge in [0, 0.05) is 23.5 Å². The normalized spacial score (nSPS) is 17.0. The summed E-state index contributed by atoms with van der Waals surface area (Å²) in [5, 5.41) is 9.53. The fourth-order valence-electron chi connectivity index (χ4n) is 4.00. The SMILES string of the molecule is Cc1cccc(-c2nnc(-c3nc(N4CCCC[C@H]4C)c4ccccc4n3)o2)c1. The Balaban J connectivity index is 1.61. The first-order chi connectivity index (χ1) is 14.2. The van der Waals surface area contributed by atoms with Gasteiger partial charge in [0.1, 0.15) is 5.82 Å². The van der Waals surface area contributed by atoms with Crippen molar-refractivity contribution >= 4 is 16.7 Å². The Bertz CT molecular complexity index is 1170. The minimum absolute atomic E-state index is 0.346. The predicted octanol–water partition coefficient (Wildman–Crippen LogP) is 5.03. The summed E-state index contributed by atoms with van der Waals surface area (Å²) in [6.07, 6.45) is 3.61. The highest BCUT2D eigenvalue weighted by atomic mass is 16.4. The molecule has 1 saturated heterocycles. The van der Waals surface area contributed by atoms with E-state index in [1.807, 2.05) is 49.4 Å². The third-order valence-corrected chi connectivity index (χ3v) is 5.54. The van der Waals surface area contributed by atoms with Crippen LogP contribution < -0.4 is 4.90 Å². The number of nitrogens with zero attached hydrogens (tertiary/aromatic N) is 5. The van der Waals surface area contributed by atoms with Gasteiger partial charge < -0.3 is 9.32 Å². The second-order valence-corrected chi connectivity index (χ2v) is 7.71. The van der Waals surface area contributed by atoms with E-state index in [4.69, 9.17) is 14.4 Å². The number of anilines is 1. The van der Waals surface area contributed by atoms with Crippen molar-refractivity contribution in [1.82, 2.24) is 20.2 Å². The zero-order valence-electron chi connectivity index (χ0n) is 16.7. The summed E-state index contributed by atoms with van der Waals surface area (Å²) in [4.78, 5) is 12.0. The molecule has 2 aromatic carbocycles. The molecule has 3 heterocycles. The summed E-state index contributed by atoms with van der Waals surface area (Å²) in [5.41, 5.74) is 2.93. The summed E-state index contributed by atoms with van der Waals surface area (Å²) >= 11 is 0. The van der Waals surface area contributed by atoms with E-state index in [0.29, 0.717) is 23.6 Å². The summed E-state index contributed by atoms with van der Waals surface area (Å²) in [6, 6.07) is 16.6. The van der Waals surface area contributed by atoms with Gasteiger partial charge in [0.25, 0.3) is 5.89 Å². The summed E-state index contributed by atoms with van der Waals surface area (Å²) in [6.45, 7) is 5.30. The Morgan fingerprint density at radius 2 is 1.83 bits per heavy atom. The van der Waals surface area contributed by atoms with Crippen LogP contribution in [-0.2, 0) is 0 Å². The van der Waals surface area contributed by atoms with Crippen molar-refractivity contribution in [2.75, 3.05) is 11.4 Å². The van der Waals surface area contributed by atoms with Gasteiger partial charge in [-0.25, -0.2) is 9.97 Å². The van der Waals surface area contributed by atoms with Crippen molar-refractivity contribution in [3.8, 4) is 23.2 Å². The molecule has 1 atom stereocenters. The van der Waals surface area contributed by atoms with Crippen molar-refractivity contribution < 1.29 is 4.42 Å². The molecule has 0 amide bonds. The second kappa shape index (κ2) is 7.28. The van der Waals surface area contributed by atoms with Crippen LogP contribution in [0.1, 0.15) is 31.7 Å². The molecule has 5 rings (SSSR count). The third-order valence-electron chi connectivity index (χ3n) is 5.54. The molecule has 1 aliphatic heterocycles. The van der Waals surface area contributed by atoms with E-state index in [2.05, 4.69) is 28.1 Å². The average molecular weight is 385 g/mol. The number of para-hydroxylation sites is 1. The van der Waals surface area contributed by atoms with Crippen LogP contribution in [-0.4, -0.2) is 32.8 Å². The van der Waals surface area contributed by atoms with E-state index < -0.39 is 0 Å². The minimum Gasteiger partial charge on any atom is -0.413 e. The second-order valence-electron chi connectivity index (χ2n) is 7.71. The number of aryl methyl sites for hydroxylation is 1. The van der Waals surface area contributed by atoms with Crippen molar-refractivity contribution in [2.45, 2.75) is 39.2 Å². The number of aromatic nitrogens is 4. The van der Waals surface area contributed by atoms with Gasteiger partial charge in [-0.05, 0) is 57.4 Å².